The number of carbonyl (C=O) groups excluding carboxylic acids is 2. The lowest BCUT2D eigenvalue weighted by atomic mass is 10.1. The quantitative estimate of drug-likeness (QED) is 0.648. The fourth-order valence-corrected chi connectivity index (χ4v) is 1.24. The standard InChI is InChI=1S/C11H11F2N3O4/c1-14-9(17)4-15-11(20)16-8-3-7(13)6(12)2-5(8)10(18)19/h2-3H,4H2,1H3,(H,14,17)(H,18,19)(H2,15,16,20). The molecule has 9 heteroatoms. The fraction of sp³-hybridized carbons (Fsp3) is 0.182. The van der Waals surface area contributed by atoms with Crippen molar-refractivity contribution < 1.29 is 28.3 Å². The van der Waals surface area contributed by atoms with Crippen LogP contribution in [0.4, 0.5) is 19.3 Å². The monoisotopic (exact) mass is 287 g/mol. The molecule has 0 atom stereocenters. The van der Waals surface area contributed by atoms with E-state index in [-0.39, 0.29) is 6.54 Å². The Bertz CT molecular complexity index is 563. The van der Waals surface area contributed by atoms with E-state index in [1.165, 1.54) is 7.05 Å². The Morgan fingerprint density at radius 3 is 2.35 bits per heavy atom. The summed E-state index contributed by atoms with van der Waals surface area (Å²) in [6.07, 6.45) is 0. The maximum atomic E-state index is 13.0. The van der Waals surface area contributed by atoms with E-state index in [9.17, 15) is 23.2 Å². The van der Waals surface area contributed by atoms with E-state index in [0.29, 0.717) is 12.1 Å². The molecule has 1 aromatic carbocycles. The van der Waals surface area contributed by atoms with Crippen LogP contribution >= 0.6 is 0 Å². The van der Waals surface area contributed by atoms with Crippen LogP contribution in [0, 0.1) is 11.6 Å². The highest BCUT2D eigenvalue weighted by Crippen LogP contribution is 2.20. The number of amides is 3. The lowest BCUT2D eigenvalue weighted by molar-refractivity contribution is -0.119. The van der Waals surface area contributed by atoms with Gasteiger partial charge in [-0.2, -0.15) is 0 Å². The van der Waals surface area contributed by atoms with E-state index in [4.69, 9.17) is 5.11 Å². The number of urea groups is 1. The van der Waals surface area contributed by atoms with Gasteiger partial charge in [-0.15, -0.1) is 0 Å². The summed E-state index contributed by atoms with van der Waals surface area (Å²) in [6, 6.07) is 0.0618. The molecule has 0 fully saturated rings. The molecule has 108 valence electrons. The van der Waals surface area contributed by atoms with Crippen molar-refractivity contribution in [3.63, 3.8) is 0 Å². The Kier molecular flexibility index (Phi) is 4.95. The van der Waals surface area contributed by atoms with Gasteiger partial charge in [-0.3, -0.25) is 4.79 Å². The van der Waals surface area contributed by atoms with Gasteiger partial charge in [0.1, 0.15) is 0 Å². The lowest BCUT2D eigenvalue weighted by Crippen LogP contribution is -2.37. The Balaban J connectivity index is 2.86. The van der Waals surface area contributed by atoms with E-state index in [2.05, 4.69) is 10.6 Å². The minimum Gasteiger partial charge on any atom is -0.478 e. The molecular formula is C11H11F2N3O4. The molecule has 4 N–H and O–H groups in total. The number of hydrogen-bond acceptors (Lipinski definition) is 3. The van der Waals surface area contributed by atoms with Gasteiger partial charge in [0.15, 0.2) is 11.6 Å². The molecule has 0 aliphatic carbocycles. The van der Waals surface area contributed by atoms with Crippen LogP contribution in [0.15, 0.2) is 12.1 Å². The molecule has 0 saturated carbocycles. The van der Waals surface area contributed by atoms with Gasteiger partial charge in [0.05, 0.1) is 17.8 Å². The highest BCUT2D eigenvalue weighted by Gasteiger charge is 2.17. The second-order valence-electron chi connectivity index (χ2n) is 3.60. The molecule has 0 heterocycles. The zero-order chi connectivity index (χ0) is 15.3. The molecule has 0 saturated heterocycles. The third-order valence-corrected chi connectivity index (χ3v) is 2.23. The third-order valence-electron chi connectivity index (χ3n) is 2.23. The largest absolute Gasteiger partial charge is 0.478 e. The zero-order valence-electron chi connectivity index (χ0n) is 10.3. The summed E-state index contributed by atoms with van der Waals surface area (Å²) in [5.74, 6) is -4.68. The van der Waals surface area contributed by atoms with Crippen LogP contribution in [0.5, 0.6) is 0 Å². The molecule has 1 aromatic rings. The fourth-order valence-electron chi connectivity index (χ4n) is 1.24. The van der Waals surface area contributed by atoms with Gasteiger partial charge >= 0.3 is 12.0 Å². The number of carboxylic acids is 1. The van der Waals surface area contributed by atoms with Gasteiger partial charge < -0.3 is 21.1 Å². The predicted octanol–water partition coefficient (Wildman–Crippen LogP) is 0.530. The number of likely N-dealkylation sites (N-methyl/N-ethyl adjacent to an activating group) is 1. The number of carboxylic acid groups (broad SMARTS) is 1. The Hall–Kier alpha value is -2.71. The number of hydrogen-bond donors (Lipinski definition) is 4. The summed E-state index contributed by atoms with van der Waals surface area (Å²) in [5.41, 5.74) is -1.04. The van der Waals surface area contributed by atoms with Gasteiger partial charge in [-0.1, -0.05) is 0 Å². The molecule has 20 heavy (non-hydrogen) atoms. The van der Waals surface area contributed by atoms with Crippen molar-refractivity contribution in [2.45, 2.75) is 0 Å². The van der Waals surface area contributed by atoms with Gasteiger partial charge in [-0.25, -0.2) is 18.4 Å². The highest BCUT2D eigenvalue weighted by atomic mass is 19.2. The van der Waals surface area contributed by atoms with E-state index in [1.807, 2.05) is 5.32 Å². The Morgan fingerprint density at radius 1 is 1.20 bits per heavy atom. The maximum absolute atomic E-state index is 13.0. The number of halogens is 2. The number of rotatable bonds is 4. The summed E-state index contributed by atoms with van der Waals surface area (Å²) in [7, 11) is 1.36. The van der Waals surface area contributed by atoms with E-state index < -0.39 is 40.8 Å². The van der Waals surface area contributed by atoms with Crippen molar-refractivity contribution in [2.75, 3.05) is 18.9 Å². The molecule has 7 nitrogen and oxygen atoms in total. The smallest absolute Gasteiger partial charge is 0.337 e. The average Bonchev–Trinajstić information content (AvgIpc) is 2.39. The minimum atomic E-state index is -1.54. The normalized spacial score (nSPS) is 9.75. The molecule has 0 unspecified atom stereocenters. The molecular weight excluding hydrogens is 276 g/mol. The summed E-state index contributed by atoms with van der Waals surface area (Å²) in [4.78, 5) is 33.1. The molecule has 0 bridgehead atoms. The average molecular weight is 287 g/mol. The van der Waals surface area contributed by atoms with E-state index in [0.717, 1.165) is 0 Å². The van der Waals surface area contributed by atoms with Crippen LogP contribution in [0.2, 0.25) is 0 Å². The molecule has 0 aromatic heterocycles. The number of anilines is 1. The van der Waals surface area contributed by atoms with E-state index in [1.54, 1.807) is 0 Å². The van der Waals surface area contributed by atoms with Crippen LogP contribution in [0.1, 0.15) is 10.4 Å². The van der Waals surface area contributed by atoms with Crippen LogP contribution < -0.4 is 16.0 Å². The van der Waals surface area contributed by atoms with Crippen molar-refractivity contribution in [2.24, 2.45) is 0 Å². The SMILES string of the molecule is CNC(=O)CNC(=O)Nc1cc(F)c(F)cc1C(=O)O. The van der Waals surface area contributed by atoms with Crippen LogP contribution in [0.25, 0.3) is 0 Å². The first kappa shape index (κ1) is 15.3. The summed E-state index contributed by atoms with van der Waals surface area (Å²) in [5, 5.41) is 15.2. The first-order chi connectivity index (χ1) is 9.35. The summed E-state index contributed by atoms with van der Waals surface area (Å²) >= 11 is 0. The molecule has 1 rings (SSSR count). The van der Waals surface area contributed by atoms with Crippen molar-refractivity contribution in [3.8, 4) is 0 Å². The van der Waals surface area contributed by atoms with Crippen molar-refractivity contribution in [3.05, 3.63) is 29.3 Å². The van der Waals surface area contributed by atoms with Gasteiger partial charge in [0.25, 0.3) is 0 Å². The summed E-state index contributed by atoms with van der Waals surface area (Å²) in [6.45, 7) is -0.353. The van der Waals surface area contributed by atoms with Crippen molar-refractivity contribution in [1.82, 2.24) is 10.6 Å². The van der Waals surface area contributed by atoms with Crippen LogP contribution in [0.3, 0.4) is 0 Å². The number of benzene rings is 1. The second kappa shape index (κ2) is 6.45. The Labute approximate surface area is 112 Å². The molecule has 0 spiro atoms. The molecule has 0 aliphatic heterocycles. The van der Waals surface area contributed by atoms with Gasteiger partial charge in [0, 0.05) is 13.1 Å². The lowest BCUT2D eigenvalue weighted by Gasteiger charge is -2.10. The van der Waals surface area contributed by atoms with Crippen LogP contribution in [-0.4, -0.2) is 36.6 Å². The second-order valence-corrected chi connectivity index (χ2v) is 3.60. The maximum Gasteiger partial charge on any atom is 0.337 e. The molecule has 0 aliphatic rings. The van der Waals surface area contributed by atoms with Crippen LogP contribution in [-0.2, 0) is 4.79 Å². The van der Waals surface area contributed by atoms with Gasteiger partial charge in [0.2, 0.25) is 5.91 Å². The first-order valence-corrected chi connectivity index (χ1v) is 5.33. The first-order valence-electron chi connectivity index (χ1n) is 5.33. The molecule has 3 amide bonds. The zero-order valence-corrected chi connectivity index (χ0v) is 10.3. The highest BCUT2D eigenvalue weighted by molar-refractivity contribution is 6.00. The van der Waals surface area contributed by atoms with Gasteiger partial charge in [-0.05, 0) is 6.07 Å². The predicted molar refractivity (Wildman–Crippen MR) is 64.4 cm³/mol. The van der Waals surface area contributed by atoms with Crippen molar-refractivity contribution >= 4 is 23.6 Å². The summed E-state index contributed by atoms with van der Waals surface area (Å²) < 4.78 is 26.0. The number of aromatic carboxylic acids is 1. The topological polar surface area (TPSA) is 108 Å². The number of carbonyl (C=O) groups is 3. The Morgan fingerprint density at radius 2 is 1.80 bits per heavy atom. The minimum absolute atomic E-state index is 0.353. The molecule has 0 radical (unpaired) electrons. The number of nitrogens with one attached hydrogen (secondary N) is 3. The van der Waals surface area contributed by atoms with E-state index >= 15 is 0 Å². The third kappa shape index (κ3) is 3.90. The van der Waals surface area contributed by atoms with Crippen molar-refractivity contribution in [1.29, 1.82) is 0 Å².